The second kappa shape index (κ2) is 7.62. The van der Waals surface area contributed by atoms with Crippen LogP contribution in [0.5, 0.6) is 0 Å². The lowest BCUT2D eigenvalue weighted by atomic mass is 9.77. The highest BCUT2D eigenvalue weighted by atomic mass is 19.1. The number of piperidine rings is 1. The van der Waals surface area contributed by atoms with Crippen LogP contribution < -0.4 is 10.6 Å². The lowest BCUT2D eigenvalue weighted by Crippen LogP contribution is -2.56. The fourth-order valence-electron chi connectivity index (χ4n) is 4.91. The Labute approximate surface area is 163 Å². The Balaban J connectivity index is 1.60. The molecule has 1 aromatic heterocycles. The minimum Gasteiger partial charge on any atom is -0.353 e. The summed E-state index contributed by atoms with van der Waals surface area (Å²) in [5, 5.41) is 10.7. The molecule has 7 heteroatoms. The molecule has 150 valence electrons. The van der Waals surface area contributed by atoms with Crippen LogP contribution in [0.25, 0.3) is 0 Å². The lowest BCUT2D eigenvalue weighted by molar-refractivity contribution is -0.132. The molecule has 1 aliphatic carbocycles. The van der Waals surface area contributed by atoms with Gasteiger partial charge in [0.25, 0.3) is 0 Å². The third-order valence-electron chi connectivity index (χ3n) is 6.44. The minimum atomic E-state index is -0.762. The first-order valence-corrected chi connectivity index (χ1v) is 10.0. The van der Waals surface area contributed by atoms with Gasteiger partial charge in [0.1, 0.15) is 17.2 Å². The molecular formula is C21H26F2N4O. The van der Waals surface area contributed by atoms with Gasteiger partial charge in [0.2, 0.25) is 5.91 Å². The zero-order valence-corrected chi connectivity index (χ0v) is 15.9. The molecule has 1 aromatic carbocycles. The summed E-state index contributed by atoms with van der Waals surface area (Å²) < 4.78 is 30.8. The van der Waals surface area contributed by atoms with Crippen molar-refractivity contribution in [2.75, 3.05) is 19.6 Å². The molecule has 4 rings (SSSR count). The predicted octanol–water partition coefficient (Wildman–Crippen LogP) is 2.87. The zero-order chi connectivity index (χ0) is 19.6. The summed E-state index contributed by atoms with van der Waals surface area (Å²) in [6.07, 6.45) is 7.87. The molecule has 1 saturated heterocycles. The maximum Gasteiger partial charge on any atom is 0.248 e. The first-order chi connectivity index (χ1) is 13.6. The third-order valence-corrected chi connectivity index (χ3v) is 6.44. The van der Waals surface area contributed by atoms with Gasteiger partial charge in [0.05, 0.1) is 0 Å². The van der Waals surface area contributed by atoms with Crippen molar-refractivity contribution in [3.8, 4) is 0 Å². The summed E-state index contributed by atoms with van der Waals surface area (Å²) in [6.45, 7) is 1.68. The SMILES string of the molecule is O=C(NCC1(c2c(F)cccc2F)CCCC1)C1(n2cccn2)CCNCC1. The van der Waals surface area contributed by atoms with Crippen molar-refractivity contribution in [1.29, 1.82) is 0 Å². The number of hydrogen-bond donors (Lipinski definition) is 2. The number of hydrogen-bond acceptors (Lipinski definition) is 3. The number of halogens is 2. The van der Waals surface area contributed by atoms with Crippen LogP contribution in [-0.2, 0) is 15.7 Å². The molecule has 1 saturated carbocycles. The Bertz CT molecular complexity index is 805. The van der Waals surface area contributed by atoms with E-state index in [0.717, 1.165) is 25.9 Å². The highest BCUT2D eigenvalue weighted by Gasteiger charge is 2.45. The van der Waals surface area contributed by atoms with Crippen molar-refractivity contribution in [1.82, 2.24) is 20.4 Å². The summed E-state index contributed by atoms with van der Waals surface area (Å²) >= 11 is 0. The first kappa shape index (κ1) is 19.1. The van der Waals surface area contributed by atoms with E-state index in [1.54, 1.807) is 10.9 Å². The molecule has 1 amide bonds. The van der Waals surface area contributed by atoms with E-state index in [1.807, 2.05) is 12.3 Å². The first-order valence-electron chi connectivity index (χ1n) is 10.0. The highest BCUT2D eigenvalue weighted by Crippen LogP contribution is 2.43. The molecule has 0 atom stereocenters. The molecule has 2 heterocycles. The molecule has 2 fully saturated rings. The number of rotatable bonds is 5. The Morgan fingerprint density at radius 1 is 1.11 bits per heavy atom. The average Bonchev–Trinajstić information content (AvgIpc) is 3.40. The van der Waals surface area contributed by atoms with Crippen LogP contribution in [0.15, 0.2) is 36.7 Å². The standard InChI is InChI=1S/C21H26F2N4O/c22-16-5-3-6-17(23)18(16)20(7-1-2-8-20)15-25-19(28)21(9-12-24-13-10-21)27-14-4-11-26-27/h3-6,11,14,24H,1-2,7-10,12-13,15H2,(H,25,28). The normalized spacial score (nSPS) is 20.8. The molecule has 2 aromatic rings. The number of benzene rings is 1. The van der Waals surface area contributed by atoms with Gasteiger partial charge in [-0.15, -0.1) is 0 Å². The van der Waals surface area contributed by atoms with Gasteiger partial charge in [-0.2, -0.15) is 5.10 Å². The van der Waals surface area contributed by atoms with Crippen molar-refractivity contribution in [3.63, 3.8) is 0 Å². The quantitative estimate of drug-likeness (QED) is 0.828. The van der Waals surface area contributed by atoms with Crippen LogP contribution in [0.2, 0.25) is 0 Å². The van der Waals surface area contributed by atoms with Crippen molar-refractivity contribution >= 4 is 5.91 Å². The van der Waals surface area contributed by atoms with Gasteiger partial charge in [-0.05, 0) is 57.0 Å². The van der Waals surface area contributed by atoms with E-state index in [0.29, 0.717) is 25.7 Å². The topological polar surface area (TPSA) is 59.0 Å². The molecule has 28 heavy (non-hydrogen) atoms. The molecule has 2 N–H and O–H groups in total. The molecule has 0 unspecified atom stereocenters. The Morgan fingerprint density at radius 2 is 1.79 bits per heavy atom. The van der Waals surface area contributed by atoms with Crippen molar-refractivity contribution in [2.45, 2.75) is 49.5 Å². The molecule has 0 spiro atoms. The van der Waals surface area contributed by atoms with Gasteiger partial charge < -0.3 is 10.6 Å². The van der Waals surface area contributed by atoms with Crippen LogP contribution in [0, 0.1) is 11.6 Å². The summed E-state index contributed by atoms with van der Waals surface area (Å²) in [5.74, 6) is -1.18. The monoisotopic (exact) mass is 388 g/mol. The van der Waals surface area contributed by atoms with Crippen molar-refractivity contribution in [3.05, 3.63) is 53.9 Å². The highest BCUT2D eigenvalue weighted by molar-refractivity contribution is 5.84. The number of carbonyl (C=O) groups is 1. The molecule has 0 radical (unpaired) electrons. The van der Waals surface area contributed by atoms with Gasteiger partial charge in [0, 0.05) is 29.9 Å². The largest absolute Gasteiger partial charge is 0.353 e. The van der Waals surface area contributed by atoms with Crippen LogP contribution in [0.3, 0.4) is 0 Å². The maximum atomic E-state index is 14.5. The molecule has 0 bridgehead atoms. The molecule has 2 aliphatic rings. The predicted molar refractivity (Wildman–Crippen MR) is 102 cm³/mol. The van der Waals surface area contributed by atoms with Gasteiger partial charge in [-0.25, -0.2) is 8.78 Å². The van der Waals surface area contributed by atoms with E-state index < -0.39 is 22.6 Å². The van der Waals surface area contributed by atoms with Crippen LogP contribution >= 0.6 is 0 Å². The van der Waals surface area contributed by atoms with E-state index in [9.17, 15) is 13.6 Å². The van der Waals surface area contributed by atoms with Gasteiger partial charge in [-0.1, -0.05) is 18.9 Å². The maximum absolute atomic E-state index is 14.5. The van der Waals surface area contributed by atoms with Gasteiger partial charge >= 0.3 is 0 Å². The fourth-order valence-corrected chi connectivity index (χ4v) is 4.91. The van der Waals surface area contributed by atoms with E-state index in [1.165, 1.54) is 18.2 Å². The number of nitrogens with one attached hydrogen (secondary N) is 2. The van der Waals surface area contributed by atoms with E-state index in [-0.39, 0.29) is 18.0 Å². The Hall–Kier alpha value is -2.28. The molecule has 5 nitrogen and oxygen atoms in total. The Kier molecular flexibility index (Phi) is 5.19. The number of nitrogens with zero attached hydrogens (tertiary/aromatic N) is 2. The average molecular weight is 388 g/mol. The summed E-state index contributed by atoms with van der Waals surface area (Å²) in [5.41, 5.74) is -1.34. The van der Waals surface area contributed by atoms with Crippen molar-refractivity contribution < 1.29 is 13.6 Å². The smallest absolute Gasteiger partial charge is 0.248 e. The van der Waals surface area contributed by atoms with Crippen LogP contribution in [-0.4, -0.2) is 35.3 Å². The van der Waals surface area contributed by atoms with Gasteiger partial charge in [0.15, 0.2) is 0 Å². The number of aromatic nitrogens is 2. The Morgan fingerprint density at radius 3 is 2.39 bits per heavy atom. The lowest BCUT2D eigenvalue weighted by Gasteiger charge is -2.38. The second-order valence-corrected chi connectivity index (χ2v) is 8.00. The number of amides is 1. The van der Waals surface area contributed by atoms with Gasteiger partial charge in [-0.3, -0.25) is 9.48 Å². The third kappa shape index (κ3) is 3.21. The summed E-state index contributed by atoms with van der Waals surface area (Å²) in [6, 6.07) is 5.80. The number of carbonyl (C=O) groups excluding carboxylic acids is 1. The van der Waals surface area contributed by atoms with E-state index >= 15 is 0 Å². The van der Waals surface area contributed by atoms with E-state index in [2.05, 4.69) is 15.7 Å². The molecule has 1 aliphatic heterocycles. The summed E-state index contributed by atoms with van der Waals surface area (Å²) in [4.78, 5) is 13.3. The summed E-state index contributed by atoms with van der Waals surface area (Å²) in [7, 11) is 0. The zero-order valence-electron chi connectivity index (χ0n) is 15.9. The minimum absolute atomic E-state index is 0.117. The van der Waals surface area contributed by atoms with E-state index in [4.69, 9.17) is 0 Å². The second-order valence-electron chi connectivity index (χ2n) is 8.00. The van der Waals surface area contributed by atoms with Crippen LogP contribution in [0.1, 0.15) is 44.1 Å². The molecular weight excluding hydrogens is 362 g/mol. The van der Waals surface area contributed by atoms with Crippen LogP contribution in [0.4, 0.5) is 8.78 Å². The fraction of sp³-hybridized carbons (Fsp3) is 0.524. The van der Waals surface area contributed by atoms with Crippen molar-refractivity contribution in [2.24, 2.45) is 0 Å².